The van der Waals surface area contributed by atoms with Crippen LogP contribution in [0, 0.1) is 11.3 Å². The highest BCUT2D eigenvalue weighted by Gasteiger charge is 2.08. The number of hydrogen-bond donors (Lipinski definition) is 0. The molecule has 1 aromatic heterocycles. The van der Waals surface area contributed by atoms with Crippen molar-refractivity contribution in [3.05, 3.63) is 21.2 Å². The molecule has 0 bridgehead atoms. The van der Waals surface area contributed by atoms with Gasteiger partial charge in [0.25, 0.3) is 0 Å². The molecule has 0 amide bonds. The van der Waals surface area contributed by atoms with E-state index in [4.69, 9.17) is 22.4 Å². The number of azide groups is 1. The van der Waals surface area contributed by atoms with Crippen LogP contribution in [0.1, 0.15) is 5.56 Å². The monoisotopic (exact) mass is 185 g/mol. The van der Waals surface area contributed by atoms with Gasteiger partial charge in [0, 0.05) is 4.91 Å². The minimum Gasteiger partial charge on any atom is -0.192 e. The van der Waals surface area contributed by atoms with Gasteiger partial charge in [-0.2, -0.15) is 9.64 Å². The topological polar surface area (TPSA) is 85.4 Å². The maximum absolute atomic E-state index is 8.46. The summed E-state index contributed by atoms with van der Waals surface area (Å²) in [5.41, 5.74) is 8.17. The minimum atomic E-state index is 0.0832. The number of hydrogen-bond acceptors (Lipinski definition) is 4. The van der Waals surface area contributed by atoms with Gasteiger partial charge in [-0.15, -0.1) is 0 Å². The van der Waals surface area contributed by atoms with Gasteiger partial charge in [-0.1, -0.05) is 11.6 Å². The Bertz CT molecular complexity index is 357. The second-order valence-electron chi connectivity index (χ2n) is 1.45. The van der Waals surface area contributed by atoms with E-state index in [2.05, 4.69) is 14.4 Å². The van der Waals surface area contributed by atoms with E-state index in [1.165, 1.54) is 0 Å². The average molecular weight is 186 g/mol. The van der Waals surface area contributed by atoms with Gasteiger partial charge in [-0.25, -0.2) is 0 Å². The van der Waals surface area contributed by atoms with E-state index in [0.29, 0.717) is 0 Å². The molecule has 1 rings (SSSR count). The number of nitrogens with zero attached hydrogens (tertiary/aromatic N) is 5. The second-order valence-corrected chi connectivity index (χ2v) is 2.56. The van der Waals surface area contributed by atoms with Crippen molar-refractivity contribution < 1.29 is 0 Å². The quantitative estimate of drug-likeness (QED) is 0.383. The third-order valence-electron chi connectivity index (χ3n) is 0.880. The van der Waals surface area contributed by atoms with Gasteiger partial charge in [0.15, 0.2) is 5.15 Å². The van der Waals surface area contributed by atoms with Crippen LogP contribution in [0.5, 0.6) is 0 Å². The fourth-order valence-corrected chi connectivity index (χ4v) is 1.32. The number of rotatable bonds is 1. The molecule has 0 spiro atoms. The molecule has 0 aromatic carbocycles. The summed E-state index contributed by atoms with van der Waals surface area (Å²) in [7, 11) is 0. The standard InChI is InChI=1S/C4ClN5S/c5-3-2(1-6)4(8-10-7)11-9-3. The highest BCUT2D eigenvalue weighted by atomic mass is 35.5. The first-order valence-corrected chi connectivity index (χ1v) is 3.55. The van der Waals surface area contributed by atoms with Gasteiger partial charge in [0.1, 0.15) is 16.6 Å². The van der Waals surface area contributed by atoms with Crippen molar-refractivity contribution in [2.75, 3.05) is 0 Å². The maximum atomic E-state index is 8.46. The van der Waals surface area contributed by atoms with Gasteiger partial charge in [0.05, 0.1) is 0 Å². The van der Waals surface area contributed by atoms with E-state index in [1.807, 2.05) is 0 Å². The van der Waals surface area contributed by atoms with E-state index >= 15 is 0 Å². The molecule has 0 aliphatic carbocycles. The fraction of sp³-hybridized carbons (Fsp3) is 0. The van der Waals surface area contributed by atoms with Gasteiger partial charge in [-0.3, -0.25) is 0 Å². The van der Waals surface area contributed by atoms with Crippen LogP contribution in [0.4, 0.5) is 5.00 Å². The van der Waals surface area contributed by atoms with Gasteiger partial charge < -0.3 is 0 Å². The Kier molecular flexibility index (Phi) is 2.28. The van der Waals surface area contributed by atoms with Gasteiger partial charge in [-0.05, 0) is 22.2 Å². The van der Waals surface area contributed by atoms with Crippen LogP contribution >= 0.6 is 23.1 Å². The highest BCUT2D eigenvalue weighted by molar-refractivity contribution is 7.10. The molecule has 0 unspecified atom stereocenters. The van der Waals surface area contributed by atoms with Crippen molar-refractivity contribution in [3.63, 3.8) is 0 Å². The predicted molar refractivity (Wildman–Crippen MR) is 40.6 cm³/mol. The first-order chi connectivity index (χ1) is 5.29. The molecule has 0 N–H and O–H groups in total. The van der Waals surface area contributed by atoms with Gasteiger partial charge in [0.2, 0.25) is 0 Å². The molecule has 0 fully saturated rings. The molecule has 11 heavy (non-hydrogen) atoms. The smallest absolute Gasteiger partial charge is 0.161 e. The van der Waals surface area contributed by atoms with E-state index in [-0.39, 0.29) is 15.7 Å². The van der Waals surface area contributed by atoms with E-state index in [9.17, 15) is 0 Å². The molecule has 0 aliphatic rings. The second kappa shape index (κ2) is 3.21. The summed E-state index contributed by atoms with van der Waals surface area (Å²) in [6, 6.07) is 1.78. The Hall–Kier alpha value is -1.28. The van der Waals surface area contributed by atoms with Crippen LogP contribution in [-0.4, -0.2) is 4.37 Å². The molecule has 0 saturated heterocycles. The Balaban J connectivity index is 3.29. The van der Waals surface area contributed by atoms with Crippen LogP contribution in [-0.2, 0) is 0 Å². The SMILES string of the molecule is N#Cc1c(Cl)nsc1N=[N+]=[N-]. The zero-order valence-electron chi connectivity index (χ0n) is 5.02. The van der Waals surface area contributed by atoms with Gasteiger partial charge >= 0.3 is 0 Å². The fourth-order valence-electron chi connectivity index (χ4n) is 0.466. The summed E-state index contributed by atoms with van der Waals surface area (Å²) in [5.74, 6) is 0. The molecule has 0 aliphatic heterocycles. The zero-order chi connectivity index (χ0) is 8.27. The van der Waals surface area contributed by atoms with E-state index in [0.717, 1.165) is 11.5 Å². The molecular formula is C4ClN5S. The molecule has 54 valence electrons. The summed E-state index contributed by atoms with van der Waals surface area (Å²) in [5, 5.41) is 12.0. The number of aromatic nitrogens is 1. The summed E-state index contributed by atoms with van der Waals surface area (Å²) in [6.45, 7) is 0. The van der Waals surface area contributed by atoms with Crippen molar-refractivity contribution in [2.45, 2.75) is 0 Å². The summed E-state index contributed by atoms with van der Waals surface area (Å²) in [6.07, 6.45) is 0. The summed E-state index contributed by atoms with van der Waals surface area (Å²) >= 11 is 6.37. The molecule has 0 radical (unpaired) electrons. The Labute approximate surface area is 70.6 Å². The first kappa shape index (κ1) is 7.82. The van der Waals surface area contributed by atoms with Crippen LogP contribution in [0.2, 0.25) is 5.15 Å². The number of halogens is 1. The summed E-state index contributed by atoms with van der Waals surface area (Å²) < 4.78 is 3.63. The van der Waals surface area contributed by atoms with Crippen LogP contribution in [0.25, 0.3) is 10.4 Å². The minimum absolute atomic E-state index is 0.0832. The van der Waals surface area contributed by atoms with Crippen LogP contribution in [0.15, 0.2) is 5.11 Å². The lowest BCUT2D eigenvalue weighted by Gasteiger charge is -1.79. The molecule has 1 aromatic rings. The third kappa shape index (κ3) is 1.41. The van der Waals surface area contributed by atoms with Crippen molar-refractivity contribution >= 4 is 28.1 Å². The van der Waals surface area contributed by atoms with E-state index in [1.54, 1.807) is 6.07 Å². The Morgan fingerprint density at radius 3 is 3.09 bits per heavy atom. The zero-order valence-corrected chi connectivity index (χ0v) is 6.59. The third-order valence-corrected chi connectivity index (χ3v) is 1.99. The van der Waals surface area contributed by atoms with Crippen molar-refractivity contribution in [2.24, 2.45) is 5.11 Å². The lowest BCUT2D eigenvalue weighted by molar-refractivity contribution is 1.45. The molecular weight excluding hydrogens is 186 g/mol. The molecule has 7 heteroatoms. The normalized spacial score (nSPS) is 8.36. The first-order valence-electron chi connectivity index (χ1n) is 2.40. The van der Waals surface area contributed by atoms with Crippen molar-refractivity contribution in [1.29, 1.82) is 5.26 Å². The molecule has 0 atom stereocenters. The van der Waals surface area contributed by atoms with E-state index < -0.39 is 0 Å². The Morgan fingerprint density at radius 2 is 2.55 bits per heavy atom. The van der Waals surface area contributed by atoms with Crippen LogP contribution in [0.3, 0.4) is 0 Å². The lowest BCUT2D eigenvalue weighted by Crippen LogP contribution is -1.67. The van der Waals surface area contributed by atoms with Crippen LogP contribution < -0.4 is 0 Å². The largest absolute Gasteiger partial charge is 0.192 e. The predicted octanol–water partition coefficient (Wildman–Crippen LogP) is 2.61. The Morgan fingerprint density at radius 1 is 1.82 bits per heavy atom. The van der Waals surface area contributed by atoms with Crippen molar-refractivity contribution in [1.82, 2.24) is 4.37 Å². The van der Waals surface area contributed by atoms with Crippen molar-refractivity contribution in [3.8, 4) is 6.07 Å². The highest BCUT2D eigenvalue weighted by Crippen LogP contribution is 2.29. The average Bonchev–Trinajstić information content (AvgIpc) is 2.33. The molecule has 5 nitrogen and oxygen atoms in total. The summed E-state index contributed by atoms with van der Waals surface area (Å²) in [4.78, 5) is 2.51. The molecule has 1 heterocycles. The lowest BCUT2D eigenvalue weighted by atomic mass is 10.4. The maximum Gasteiger partial charge on any atom is 0.161 e. The number of nitriles is 1. The molecule has 0 saturated carbocycles.